The van der Waals surface area contributed by atoms with E-state index in [1.54, 1.807) is 0 Å². The third kappa shape index (κ3) is 4.21. The van der Waals surface area contributed by atoms with Gasteiger partial charge in [0.25, 0.3) is 0 Å². The summed E-state index contributed by atoms with van der Waals surface area (Å²) in [7, 11) is 0. The molecule has 1 aromatic carbocycles. The van der Waals surface area contributed by atoms with E-state index in [2.05, 4.69) is 10.6 Å². The van der Waals surface area contributed by atoms with Crippen LogP contribution < -0.4 is 10.6 Å². The molecule has 1 saturated carbocycles. The molecule has 1 aliphatic carbocycles. The molecule has 1 amide bonds. The topological polar surface area (TPSA) is 59.6 Å². The number of benzene rings is 1. The fourth-order valence-corrected chi connectivity index (χ4v) is 2.76. The molecule has 25 heavy (non-hydrogen) atoms. The smallest absolute Gasteiger partial charge is 0.419 e. The van der Waals surface area contributed by atoms with Gasteiger partial charge in [-0.1, -0.05) is 6.07 Å². The van der Waals surface area contributed by atoms with E-state index in [1.165, 1.54) is 6.07 Å². The number of carbonyl (C=O) groups excluding carboxylic acids is 1. The van der Waals surface area contributed by atoms with E-state index in [4.69, 9.17) is 9.47 Å². The second-order valence-electron chi connectivity index (χ2n) is 6.18. The van der Waals surface area contributed by atoms with Gasteiger partial charge in [0, 0.05) is 19.1 Å². The number of morpholine rings is 1. The highest BCUT2D eigenvalue weighted by Crippen LogP contribution is 2.50. The average molecular weight is 362 g/mol. The molecule has 0 bridgehead atoms. The molecular formula is C16H18F4N2O3. The largest absolute Gasteiger partial charge is 0.438 e. The van der Waals surface area contributed by atoms with Crippen molar-refractivity contribution in [2.45, 2.75) is 30.7 Å². The van der Waals surface area contributed by atoms with E-state index in [-0.39, 0.29) is 18.2 Å². The van der Waals surface area contributed by atoms with Gasteiger partial charge in [0.05, 0.1) is 18.8 Å². The molecule has 1 saturated heterocycles. The molecule has 1 aliphatic heterocycles. The molecule has 3 rings (SSSR count). The first kappa shape index (κ1) is 17.9. The maximum absolute atomic E-state index is 13.4. The summed E-state index contributed by atoms with van der Waals surface area (Å²) in [4.78, 5) is 12.0. The van der Waals surface area contributed by atoms with Crippen molar-refractivity contribution < 1.29 is 31.8 Å². The van der Waals surface area contributed by atoms with E-state index in [0.717, 1.165) is 6.07 Å². The number of alkyl carbamates (subject to hydrolysis) is 1. The summed E-state index contributed by atoms with van der Waals surface area (Å²) in [5.41, 5.74) is -2.33. The highest BCUT2D eigenvalue weighted by atomic mass is 19.4. The van der Waals surface area contributed by atoms with Gasteiger partial charge < -0.3 is 20.1 Å². The predicted octanol–water partition coefficient (Wildman–Crippen LogP) is 2.55. The fraction of sp³-hybridized carbons (Fsp3) is 0.562. The van der Waals surface area contributed by atoms with E-state index < -0.39 is 29.3 Å². The number of amides is 1. The van der Waals surface area contributed by atoms with Crippen LogP contribution in [0.15, 0.2) is 18.2 Å². The lowest BCUT2D eigenvalue weighted by Crippen LogP contribution is -2.48. The van der Waals surface area contributed by atoms with E-state index >= 15 is 0 Å². The summed E-state index contributed by atoms with van der Waals surface area (Å²) in [6, 6.07) is 2.65. The number of nitrogens with one attached hydrogen (secondary N) is 2. The highest BCUT2D eigenvalue weighted by molar-refractivity contribution is 5.68. The Balaban J connectivity index is 1.63. The van der Waals surface area contributed by atoms with Crippen LogP contribution in [0, 0.1) is 5.82 Å². The van der Waals surface area contributed by atoms with Crippen LogP contribution in [-0.4, -0.2) is 38.4 Å². The van der Waals surface area contributed by atoms with E-state index in [0.29, 0.717) is 38.7 Å². The zero-order valence-corrected chi connectivity index (χ0v) is 13.3. The Labute approximate surface area is 141 Å². The Bertz CT molecular complexity index is 641. The Morgan fingerprint density at radius 2 is 2.16 bits per heavy atom. The number of hydrogen-bond donors (Lipinski definition) is 2. The third-order valence-corrected chi connectivity index (χ3v) is 4.28. The molecule has 5 nitrogen and oxygen atoms in total. The van der Waals surface area contributed by atoms with Crippen molar-refractivity contribution in [1.82, 2.24) is 10.6 Å². The average Bonchev–Trinajstić information content (AvgIpc) is 3.34. The first-order valence-corrected chi connectivity index (χ1v) is 7.95. The highest BCUT2D eigenvalue weighted by Gasteiger charge is 2.50. The van der Waals surface area contributed by atoms with Crippen molar-refractivity contribution >= 4 is 6.09 Å². The Morgan fingerprint density at radius 1 is 1.40 bits per heavy atom. The van der Waals surface area contributed by atoms with Crippen LogP contribution >= 0.6 is 0 Å². The first-order chi connectivity index (χ1) is 11.8. The van der Waals surface area contributed by atoms with Crippen LogP contribution in [0.25, 0.3) is 0 Å². The lowest BCUT2D eigenvalue weighted by atomic mass is 10.0. The maximum atomic E-state index is 13.4. The fourth-order valence-electron chi connectivity index (χ4n) is 2.76. The van der Waals surface area contributed by atoms with Crippen LogP contribution in [-0.2, 0) is 21.3 Å². The van der Waals surface area contributed by atoms with Crippen molar-refractivity contribution in [3.05, 3.63) is 35.1 Å². The van der Waals surface area contributed by atoms with Gasteiger partial charge in [-0.15, -0.1) is 0 Å². The Morgan fingerprint density at radius 3 is 2.76 bits per heavy atom. The van der Waals surface area contributed by atoms with Crippen molar-refractivity contribution in [2.75, 3.05) is 26.3 Å². The number of hydrogen-bond acceptors (Lipinski definition) is 4. The van der Waals surface area contributed by atoms with Crippen molar-refractivity contribution in [3.8, 4) is 0 Å². The lowest BCUT2D eigenvalue weighted by molar-refractivity contribution is -0.140. The molecule has 0 radical (unpaired) electrons. The number of carbonyl (C=O) groups is 1. The van der Waals surface area contributed by atoms with Crippen molar-refractivity contribution in [2.24, 2.45) is 0 Å². The predicted molar refractivity (Wildman–Crippen MR) is 79.4 cm³/mol. The minimum Gasteiger partial charge on any atom is -0.438 e. The second kappa shape index (κ2) is 6.80. The van der Waals surface area contributed by atoms with E-state index in [1.807, 2.05) is 0 Å². The maximum Gasteiger partial charge on any atom is 0.419 e. The molecule has 1 unspecified atom stereocenters. The summed E-state index contributed by atoms with van der Waals surface area (Å²) in [5.74, 6) is -1.35. The minimum absolute atomic E-state index is 0.0425. The zero-order valence-electron chi connectivity index (χ0n) is 13.3. The molecule has 1 aromatic rings. The zero-order chi connectivity index (χ0) is 18.1. The molecular weight excluding hydrogens is 344 g/mol. The van der Waals surface area contributed by atoms with Gasteiger partial charge in [0.15, 0.2) is 0 Å². The molecule has 1 atom stereocenters. The monoisotopic (exact) mass is 362 g/mol. The first-order valence-electron chi connectivity index (χ1n) is 7.95. The molecule has 138 valence electrons. The van der Waals surface area contributed by atoms with Crippen LogP contribution in [0.2, 0.25) is 0 Å². The number of rotatable bonds is 4. The normalized spacial score (nSPS) is 22.3. The van der Waals surface area contributed by atoms with Crippen LogP contribution in [0.4, 0.5) is 22.4 Å². The van der Waals surface area contributed by atoms with Crippen LogP contribution in [0.3, 0.4) is 0 Å². The molecule has 9 heteroatoms. The summed E-state index contributed by atoms with van der Waals surface area (Å²) in [6.07, 6.45) is -4.73. The lowest BCUT2D eigenvalue weighted by Gasteiger charge is -2.24. The standard InChI is InChI=1S/C16H18F4N2O3/c17-13-2-1-10(7-12(13)16(18,19)20)15(3-4-15)25-14(23)22-8-11-9-24-6-5-21-11/h1-2,7,11,21H,3-6,8-9H2,(H,22,23). The van der Waals surface area contributed by atoms with Gasteiger partial charge in [-0.05, 0) is 30.5 Å². The Kier molecular flexibility index (Phi) is 4.88. The van der Waals surface area contributed by atoms with Crippen LogP contribution in [0.1, 0.15) is 24.0 Å². The van der Waals surface area contributed by atoms with Gasteiger partial charge in [-0.2, -0.15) is 13.2 Å². The quantitative estimate of drug-likeness (QED) is 0.809. The summed E-state index contributed by atoms with van der Waals surface area (Å²) < 4.78 is 62.5. The SMILES string of the molecule is O=C(NCC1COCCN1)OC1(c2ccc(F)c(C(F)(F)F)c2)CC1. The van der Waals surface area contributed by atoms with Crippen molar-refractivity contribution in [3.63, 3.8) is 0 Å². The second-order valence-corrected chi connectivity index (χ2v) is 6.18. The van der Waals surface area contributed by atoms with Gasteiger partial charge in [-0.25, -0.2) is 9.18 Å². The van der Waals surface area contributed by atoms with Gasteiger partial charge in [0.1, 0.15) is 11.4 Å². The van der Waals surface area contributed by atoms with Crippen molar-refractivity contribution in [1.29, 1.82) is 0 Å². The summed E-state index contributed by atoms with van der Waals surface area (Å²) in [5, 5.41) is 5.73. The van der Waals surface area contributed by atoms with E-state index in [9.17, 15) is 22.4 Å². The molecule has 2 aliphatic rings. The molecule has 0 aromatic heterocycles. The van der Waals surface area contributed by atoms with Crippen LogP contribution in [0.5, 0.6) is 0 Å². The number of alkyl halides is 3. The molecule has 0 spiro atoms. The van der Waals surface area contributed by atoms with Gasteiger partial charge in [-0.3, -0.25) is 0 Å². The minimum atomic E-state index is -4.80. The summed E-state index contributed by atoms with van der Waals surface area (Å²) in [6.45, 7) is 2.03. The Hall–Kier alpha value is -1.87. The third-order valence-electron chi connectivity index (χ3n) is 4.28. The summed E-state index contributed by atoms with van der Waals surface area (Å²) >= 11 is 0. The molecule has 2 N–H and O–H groups in total. The van der Waals surface area contributed by atoms with Gasteiger partial charge >= 0.3 is 12.3 Å². The molecule has 2 fully saturated rings. The molecule has 1 heterocycles. The number of halogens is 4. The number of ether oxygens (including phenoxy) is 2. The van der Waals surface area contributed by atoms with Gasteiger partial charge in [0.2, 0.25) is 0 Å².